The summed E-state index contributed by atoms with van der Waals surface area (Å²) >= 11 is 0. The molecule has 2 aliphatic rings. The highest BCUT2D eigenvalue weighted by Crippen LogP contribution is 2.32. The monoisotopic (exact) mass is 418 g/mol. The molecule has 10 nitrogen and oxygen atoms in total. The molecule has 1 saturated heterocycles. The number of hydrogen-bond acceptors (Lipinski definition) is 9. The lowest BCUT2D eigenvalue weighted by molar-refractivity contribution is 0.151. The number of phenols is 1. The number of phenolic OH excluding ortho intramolecular Hbond substituents is 1. The van der Waals surface area contributed by atoms with Crippen LogP contribution >= 0.6 is 0 Å². The Morgan fingerprint density at radius 3 is 2.94 bits per heavy atom. The van der Waals surface area contributed by atoms with Crippen LogP contribution in [-0.4, -0.2) is 50.1 Å². The first-order valence-corrected chi connectivity index (χ1v) is 10.1. The van der Waals surface area contributed by atoms with Crippen molar-refractivity contribution < 1.29 is 9.94 Å². The van der Waals surface area contributed by atoms with Gasteiger partial charge in [0.2, 0.25) is 5.95 Å². The zero-order valence-corrected chi connectivity index (χ0v) is 16.7. The first-order valence-electron chi connectivity index (χ1n) is 10.1. The Morgan fingerprint density at radius 1 is 1.23 bits per heavy atom. The van der Waals surface area contributed by atoms with Crippen LogP contribution in [0, 0.1) is 5.92 Å². The number of benzene rings is 1. The molecule has 1 aromatic carbocycles. The molecule has 0 saturated carbocycles. The molecule has 0 amide bonds. The van der Waals surface area contributed by atoms with Crippen molar-refractivity contribution in [3.63, 3.8) is 0 Å². The van der Waals surface area contributed by atoms with Crippen molar-refractivity contribution >= 4 is 5.95 Å². The lowest BCUT2D eigenvalue weighted by Gasteiger charge is -2.18. The van der Waals surface area contributed by atoms with Crippen LogP contribution in [-0.2, 0) is 4.84 Å². The third-order valence-corrected chi connectivity index (χ3v) is 5.38. The number of aromatic amines is 1. The molecule has 2 aliphatic heterocycles. The second-order valence-electron chi connectivity index (χ2n) is 7.47. The lowest BCUT2D eigenvalue weighted by atomic mass is 10.0. The average Bonchev–Trinajstić information content (AvgIpc) is 3.51. The molecule has 5 rings (SSSR count). The zero-order valence-electron chi connectivity index (χ0n) is 16.7. The minimum atomic E-state index is 0.124. The third-order valence-electron chi connectivity index (χ3n) is 5.38. The van der Waals surface area contributed by atoms with Gasteiger partial charge in [0.05, 0.1) is 12.4 Å². The largest absolute Gasteiger partial charge is 0.507 e. The minimum absolute atomic E-state index is 0.124. The van der Waals surface area contributed by atoms with E-state index in [4.69, 9.17) is 4.84 Å². The molecule has 0 spiro atoms. The van der Waals surface area contributed by atoms with Gasteiger partial charge in [0, 0.05) is 37.0 Å². The van der Waals surface area contributed by atoms with Gasteiger partial charge in [0.1, 0.15) is 23.5 Å². The Morgan fingerprint density at radius 2 is 2.19 bits per heavy atom. The summed E-state index contributed by atoms with van der Waals surface area (Å²) in [4.78, 5) is 11.7. The Kier molecular flexibility index (Phi) is 5.09. The van der Waals surface area contributed by atoms with Crippen LogP contribution in [0.1, 0.15) is 6.42 Å². The summed E-state index contributed by atoms with van der Waals surface area (Å²) in [5, 5.41) is 29.1. The van der Waals surface area contributed by atoms with E-state index in [0.717, 1.165) is 43.0 Å². The van der Waals surface area contributed by atoms with Gasteiger partial charge in [-0.1, -0.05) is 6.07 Å². The number of aromatic nitrogens is 5. The van der Waals surface area contributed by atoms with Gasteiger partial charge >= 0.3 is 0 Å². The molecule has 0 aliphatic carbocycles. The van der Waals surface area contributed by atoms with E-state index >= 15 is 0 Å². The summed E-state index contributed by atoms with van der Waals surface area (Å²) in [6, 6.07) is 5.41. The number of hydroxylamine groups is 1. The molecule has 3 aromatic rings. The predicted octanol–water partition coefficient (Wildman–Crippen LogP) is 1.94. The average molecular weight is 418 g/mol. The number of rotatable bonds is 6. The summed E-state index contributed by atoms with van der Waals surface area (Å²) in [5.74, 6) is 2.04. The molecule has 10 heteroatoms. The SMILES string of the molecule is Oc1cc(-c2cn[nH]c2)ccc1-c1cnc(N2CCC(CNC3=CC=CON3)C2)nn1. The fraction of sp³-hybridized carbons (Fsp3) is 0.238. The van der Waals surface area contributed by atoms with E-state index in [9.17, 15) is 5.11 Å². The highest BCUT2D eigenvalue weighted by molar-refractivity contribution is 5.73. The van der Waals surface area contributed by atoms with E-state index < -0.39 is 0 Å². The van der Waals surface area contributed by atoms with Crippen molar-refractivity contribution in [1.29, 1.82) is 0 Å². The molecule has 4 heterocycles. The number of hydrogen-bond donors (Lipinski definition) is 4. The molecule has 0 bridgehead atoms. The maximum absolute atomic E-state index is 10.5. The Bertz CT molecular complexity index is 1100. The van der Waals surface area contributed by atoms with Crippen LogP contribution in [0.4, 0.5) is 5.95 Å². The molecule has 1 unspecified atom stereocenters. The molecule has 0 radical (unpaired) electrons. The van der Waals surface area contributed by atoms with Crippen LogP contribution < -0.4 is 15.7 Å². The lowest BCUT2D eigenvalue weighted by Crippen LogP contribution is -2.32. The standard InChI is InChI=1S/C21H22N8O2/c30-19-8-15(16-10-24-25-11-16)3-4-17(19)18-12-23-21(27-26-18)29-6-5-14(13-29)9-22-20-2-1-7-31-28-20/h1-4,7-8,10-12,14,22,28,30H,5-6,9,13H2,(H,24,25). The van der Waals surface area contributed by atoms with Crippen LogP contribution in [0.25, 0.3) is 22.4 Å². The highest BCUT2D eigenvalue weighted by Gasteiger charge is 2.25. The van der Waals surface area contributed by atoms with Crippen LogP contribution in [0.5, 0.6) is 5.75 Å². The summed E-state index contributed by atoms with van der Waals surface area (Å²) in [6.45, 7) is 2.55. The van der Waals surface area contributed by atoms with Crippen molar-refractivity contribution in [3.8, 4) is 28.1 Å². The van der Waals surface area contributed by atoms with Gasteiger partial charge in [0.25, 0.3) is 0 Å². The topological polar surface area (TPSA) is 124 Å². The van der Waals surface area contributed by atoms with Gasteiger partial charge < -0.3 is 20.2 Å². The smallest absolute Gasteiger partial charge is 0.245 e. The van der Waals surface area contributed by atoms with Crippen LogP contribution in [0.15, 0.2) is 61.0 Å². The van der Waals surface area contributed by atoms with Gasteiger partial charge in [0.15, 0.2) is 0 Å². The number of H-pyrrole nitrogens is 1. The Balaban J connectivity index is 1.22. The van der Waals surface area contributed by atoms with E-state index in [0.29, 0.717) is 23.1 Å². The molecule has 158 valence electrons. The molecular formula is C21H22N8O2. The number of anilines is 1. The van der Waals surface area contributed by atoms with Gasteiger partial charge in [-0.15, -0.1) is 10.2 Å². The van der Waals surface area contributed by atoms with Crippen molar-refractivity contribution in [2.24, 2.45) is 5.92 Å². The number of nitrogens with zero attached hydrogens (tertiary/aromatic N) is 5. The van der Waals surface area contributed by atoms with Gasteiger partial charge in [-0.3, -0.25) is 5.10 Å². The van der Waals surface area contributed by atoms with E-state index in [1.54, 1.807) is 30.9 Å². The first kappa shape index (κ1) is 18.9. The Hall–Kier alpha value is -4.08. The summed E-state index contributed by atoms with van der Waals surface area (Å²) in [6.07, 6.45) is 11.5. The van der Waals surface area contributed by atoms with E-state index in [1.807, 2.05) is 24.3 Å². The summed E-state index contributed by atoms with van der Waals surface area (Å²) in [7, 11) is 0. The fourth-order valence-electron chi connectivity index (χ4n) is 3.71. The maximum atomic E-state index is 10.5. The minimum Gasteiger partial charge on any atom is -0.507 e. The van der Waals surface area contributed by atoms with Crippen molar-refractivity contribution in [3.05, 3.63) is 61.0 Å². The molecule has 1 atom stereocenters. The van der Waals surface area contributed by atoms with Crippen molar-refractivity contribution in [2.75, 3.05) is 24.5 Å². The predicted molar refractivity (Wildman–Crippen MR) is 114 cm³/mol. The van der Waals surface area contributed by atoms with Gasteiger partial charge in [-0.25, -0.2) is 10.5 Å². The molecule has 4 N–H and O–H groups in total. The van der Waals surface area contributed by atoms with E-state index in [2.05, 4.69) is 41.1 Å². The van der Waals surface area contributed by atoms with Crippen LogP contribution in [0.3, 0.4) is 0 Å². The van der Waals surface area contributed by atoms with E-state index in [-0.39, 0.29) is 5.75 Å². The number of allylic oxidation sites excluding steroid dienone is 2. The van der Waals surface area contributed by atoms with E-state index in [1.165, 1.54) is 0 Å². The molecular weight excluding hydrogens is 396 g/mol. The normalized spacial score (nSPS) is 17.7. The quantitative estimate of drug-likeness (QED) is 0.475. The second kappa shape index (κ2) is 8.34. The Labute approximate surface area is 178 Å². The van der Waals surface area contributed by atoms with Gasteiger partial charge in [-0.2, -0.15) is 5.10 Å². The molecule has 2 aromatic heterocycles. The van der Waals surface area contributed by atoms with Gasteiger partial charge in [-0.05, 0) is 42.2 Å². The summed E-state index contributed by atoms with van der Waals surface area (Å²) < 4.78 is 0. The third kappa shape index (κ3) is 4.13. The first-order chi connectivity index (χ1) is 15.3. The molecule has 31 heavy (non-hydrogen) atoms. The zero-order chi connectivity index (χ0) is 21.0. The summed E-state index contributed by atoms with van der Waals surface area (Å²) in [5.41, 5.74) is 5.70. The number of nitrogens with one attached hydrogen (secondary N) is 3. The maximum Gasteiger partial charge on any atom is 0.245 e. The van der Waals surface area contributed by atoms with Crippen LogP contribution in [0.2, 0.25) is 0 Å². The molecule has 1 fully saturated rings. The van der Waals surface area contributed by atoms with Crippen molar-refractivity contribution in [1.82, 2.24) is 36.2 Å². The van der Waals surface area contributed by atoms with Crippen molar-refractivity contribution in [2.45, 2.75) is 6.42 Å². The number of aromatic hydroxyl groups is 1. The second-order valence-corrected chi connectivity index (χ2v) is 7.47. The fourth-order valence-corrected chi connectivity index (χ4v) is 3.71. The highest BCUT2D eigenvalue weighted by atomic mass is 16.6.